The van der Waals surface area contributed by atoms with Crippen LogP contribution in [-0.4, -0.2) is 24.3 Å². The minimum Gasteiger partial charge on any atom is -0.396 e. The summed E-state index contributed by atoms with van der Waals surface area (Å²) in [5.74, 6) is 0. The summed E-state index contributed by atoms with van der Waals surface area (Å²) in [5.41, 5.74) is 0.910. The molecule has 0 aliphatic rings. The van der Waals surface area contributed by atoms with Gasteiger partial charge in [0.15, 0.2) is 0 Å². The lowest BCUT2D eigenvalue weighted by Gasteiger charge is -2.02. The highest BCUT2D eigenvalue weighted by atomic mass is 35.5. The molecule has 0 saturated heterocycles. The van der Waals surface area contributed by atoms with Crippen molar-refractivity contribution < 1.29 is 9.90 Å². The van der Waals surface area contributed by atoms with Crippen LogP contribution in [-0.2, 0) is 0 Å². The van der Waals surface area contributed by atoms with Crippen LogP contribution in [0.5, 0.6) is 0 Å². The van der Waals surface area contributed by atoms with Gasteiger partial charge in [-0.15, -0.1) is 0 Å². The number of hydrogen-bond donors (Lipinski definition) is 3. The first-order chi connectivity index (χ1) is 8.22. The number of carbonyl (C=O) groups excluding carboxylic acids is 1. The Hall–Kier alpha value is -1.52. The third-order valence-corrected chi connectivity index (χ3v) is 2.19. The van der Waals surface area contributed by atoms with Crippen LogP contribution in [0.2, 0.25) is 5.02 Å². The lowest BCUT2D eigenvalue weighted by molar-refractivity contribution is 0.241. The van der Waals surface area contributed by atoms with E-state index in [0.717, 1.165) is 5.56 Å². The van der Waals surface area contributed by atoms with Crippen molar-refractivity contribution >= 4 is 23.7 Å². The van der Waals surface area contributed by atoms with E-state index in [9.17, 15) is 4.79 Å². The van der Waals surface area contributed by atoms with Crippen molar-refractivity contribution in [1.29, 1.82) is 0 Å². The number of aliphatic hydroxyl groups excluding tert-OH is 1. The highest BCUT2D eigenvalue weighted by Gasteiger charge is 1.94. The van der Waals surface area contributed by atoms with Crippen LogP contribution in [0.15, 0.2) is 30.5 Å². The lowest BCUT2D eigenvalue weighted by atomic mass is 10.2. The van der Waals surface area contributed by atoms with Gasteiger partial charge in [0.1, 0.15) is 0 Å². The van der Waals surface area contributed by atoms with Gasteiger partial charge in [-0.1, -0.05) is 23.7 Å². The van der Waals surface area contributed by atoms with Crippen molar-refractivity contribution in [2.45, 2.75) is 6.42 Å². The van der Waals surface area contributed by atoms with Gasteiger partial charge in [0.2, 0.25) is 0 Å². The summed E-state index contributed by atoms with van der Waals surface area (Å²) >= 11 is 5.81. The van der Waals surface area contributed by atoms with E-state index in [1.807, 2.05) is 12.1 Å². The van der Waals surface area contributed by atoms with Crippen LogP contribution in [0.1, 0.15) is 12.0 Å². The number of nitrogens with one attached hydrogen (secondary N) is 2. The van der Waals surface area contributed by atoms with Gasteiger partial charge in [-0.25, -0.2) is 4.79 Å². The van der Waals surface area contributed by atoms with Gasteiger partial charge in [0.25, 0.3) is 0 Å². The Labute approximate surface area is 105 Å². The third kappa shape index (κ3) is 5.94. The number of urea groups is 1. The Bertz CT molecular complexity index is 394. The highest BCUT2D eigenvalue weighted by Crippen LogP contribution is 2.11. The van der Waals surface area contributed by atoms with Crippen LogP contribution < -0.4 is 10.6 Å². The van der Waals surface area contributed by atoms with Crippen molar-refractivity contribution in [2.24, 2.45) is 0 Å². The SMILES string of the molecule is O=C(N/C=C/c1cccc(Cl)c1)NCCCO. The fourth-order valence-electron chi connectivity index (χ4n) is 1.16. The molecule has 0 fully saturated rings. The molecule has 3 N–H and O–H groups in total. The largest absolute Gasteiger partial charge is 0.396 e. The van der Waals surface area contributed by atoms with E-state index in [1.165, 1.54) is 0 Å². The number of aliphatic hydroxyl groups is 1. The van der Waals surface area contributed by atoms with Crippen molar-refractivity contribution in [3.8, 4) is 0 Å². The molecule has 4 nitrogen and oxygen atoms in total. The molecule has 0 spiro atoms. The number of benzene rings is 1. The molecule has 0 unspecified atom stereocenters. The first-order valence-corrected chi connectivity index (χ1v) is 5.67. The molecular formula is C12H15ClN2O2. The molecule has 17 heavy (non-hydrogen) atoms. The molecule has 0 radical (unpaired) electrons. The molecule has 2 amide bonds. The summed E-state index contributed by atoms with van der Waals surface area (Å²) < 4.78 is 0. The van der Waals surface area contributed by atoms with Crippen LogP contribution in [0.3, 0.4) is 0 Å². The predicted molar refractivity (Wildman–Crippen MR) is 68.7 cm³/mol. The number of carbonyl (C=O) groups is 1. The Kier molecular flexibility index (Phi) is 6.14. The fourth-order valence-corrected chi connectivity index (χ4v) is 1.35. The Morgan fingerprint density at radius 1 is 1.47 bits per heavy atom. The molecule has 92 valence electrons. The molecule has 0 aromatic heterocycles. The van der Waals surface area contributed by atoms with Crippen molar-refractivity contribution in [3.63, 3.8) is 0 Å². The molecule has 1 aromatic carbocycles. The molecular weight excluding hydrogens is 240 g/mol. The zero-order valence-electron chi connectivity index (χ0n) is 9.32. The second kappa shape index (κ2) is 7.70. The fraction of sp³-hybridized carbons (Fsp3) is 0.250. The van der Waals surface area contributed by atoms with Gasteiger partial charge < -0.3 is 15.7 Å². The van der Waals surface area contributed by atoms with E-state index >= 15 is 0 Å². The third-order valence-electron chi connectivity index (χ3n) is 1.96. The Morgan fingerprint density at radius 2 is 2.29 bits per heavy atom. The number of hydrogen-bond acceptors (Lipinski definition) is 2. The molecule has 1 aromatic rings. The predicted octanol–water partition coefficient (Wildman–Crippen LogP) is 1.99. The van der Waals surface area contributed by atoms with Gasteiger partial charge in [0.05, 0.1) is 0 Å². The van der Waals surface area contributed by atoms with E-state index in [4.69, 9.17) is 16.7 Å². The maximum absolute atomic E-state index is 11.2. The molecule has 1 rings (SSSR count). The first-order valence-electron chi connectivity index (χ1n) is 5.29. The van der Waals surface area contributed by atoms with Gasteiger partial charge >= 0.3 is 6.03 Å². The number of halogens is 1. The average molecular weight is 255 g/mol. The molecule has 0 bridgehead atoms. The maximum Gasteiger partial charge on any atom is 0.318 e. The van der Waals surface area contributed by atoms with Gasteiger partial charge in [0, 0.05) is 24.4 Å². The smallest absolute Gasteiger partial charge is 0.318 e. The topological polar surface area (TPSA) is 61.4 Å². The van der Waals surface area contributed by atoms with Crippen molar-refractivity contribution in [3.05, 3.63) is 41.1 Å². The van der Waals surface area contributed by atoms with Crippen LogP contribution in [0.25, 0.3) is 6.08 Å². The standard InChI is InChI=1S/C12H15ClN2O2/c13-11-4-1-3-10(9-11)5-7-15-12(17)14-6-2-8-16/h1,3-5,7,9,16H,2,6,8H2,(H2,14,15,17)/b7-5+. The highest BCUT2D eigenvalue weighted by molar-refractivity contribution is 6.30. The van der Waals surface area contributed by atoms with E-state index in [2.05, 4.69) is 10.6 Å². The maximum atomic E-state index is 11.2. The molecule has 0 aliphatic heterocycles. The summed E-state index contributed by atoms with van der Waals surface area (Å²) in [5, 5.41) is 14.3. The number of amides is 2. The average Bonchev–Trinajstić information content (AvgIpc) is 2.29. The van der Waals surface area contributed by atoms with E-state index in [-0.39, 0.29) is 12.6 Å². The van der Waals surface area contributed by atoms with Gasteiger partial charge in [-0.2, -0.15) is 0 Å². The first kappa shape index (κ1) is 13.5. The van der Waals surface area contributed by atoms with Crippen molar-refractivity contribution in [2.75, 3.05) is 13.2 Å². The van der Waals surface area contributed by atoms with E-state index in [0.29, 0.717) is 18.0 Å². The summed E-state index contributed by atoms with van der Waals surface area (Å²) in [4.78, 5) is 11.2. The quantitative estimate of drug-likeness (QED) is 0.704. The monoisotopic (exact) mass is 254 g/mol. The normalized spacial score (nSPS) is 10.5. The molecule has 0 atom stereocenters. The van der Waals surface area contributed by atoms with Crippen LogP contribution in [0, 0.1) is 0 Å². The van der Waals surface area contributed by atoms with Gasteiger partial charge in [-0.05, 0) is 30.2 Å². The summed E-state index contributed by atoms with van der Waals surface area (Å²) in [6.45, 7) is 0.520. The molecule has 0 saturated carbocycles. The summed E-state index contributed by atoms with van der Waals surface area (Å²) in [7, 11) is 0. The summed E-state index contributed by atoms with van der Waals surface area (Å²) in [6, 6.07) is 7.01. The minimum atomic E-state index is -0.295. The Morgan fingerprint density at radius 3 is 3.00 bits per heavy atom. The second-order valence-electron chi connectivity index (χ2n) is 3.37. The zero-order valence-corrected chi connectivity index (χ0v) is 10.1. The molecule has 5 heteroatoms. The second-order valence-corrected chi connectivity index (χ2v) is 3.80. The van der Waals surface area contributed by atoms with E-state index < -0.39 is 0 Å². The lowest BCUT2D eigenvalue weighted by Crippen LogP contribution is -2.33. The summed E-state index contributed by atoms with van der Waals surface area (Å²) in [6.07, 6.45) is 3.84. The van der Waals surface area contributed by atoms with Crippen LogP contribution in [0.4, 0.5) is 4.79 Å². The Balaban J connectivity index is 2.32. The zero-order chi connectivity index (χ0) is 12.5. The minimum absolute atomic E-state index is 0.0681. The van der Waals surface area contributed by atoms with Crippen LogP contribution >= 0.6 is 11.6 Å². The van der Waals surface area contributed by atoms with Crippen molar-refractivity contribution in [1.82, 2.24) is 10.6 Å². The van der Waals surface area contributed by atoms with Gasteiger partial charge in [-0.3, -0.25) is 0 Å². The van der Waals surface area contributed by atoms with E-state index in [1.54, 1.807) is 24.4 Å². The molecule has 0 aliphatic carbocycles. The number of rotatable bonds is 5. The molecule has 0 heterocycles.